The van der Waals surface area contributed by atoms with Crippen LogP contribution in [0, 0.1) is 53.3 Å². The van der Waals surface area contributed by atoms with E-state index in [1.54, 1.807) is 0 Å². The maximum Gasteiger partial charge on any atom is 0.309 e. The smallest absolute Gasteiger partial charge is 0.309 e. The Balaban J connectivity index is 1.11. The van der Waals surface area contributed by atoms with Crippen LogP contribution in [0.5, 0.6) is 0 Å². The SMILES string of the molecule is CCCCC[C@H]1C=C[C@H](CCCC[C@H]2CC[C@@H](c3cc4c([nH]3)CC[C@@H]([C@H](C)C3CCCCC3)[C@@H]4C)[C@@H]3C[C@H](CC4=CCNC(N)=C4)C[C@@]3(O)CC[C@H](O)[C@H]2C(=O)O)[C@@H](O)C1. The summed E-state index contributed by atoms with van der Waals surface area (Å²) in [5.41, 5.74) is 10.5. The van der Waals surface area contributed by atoms with Gasteiger partial charge < -0.3 is 36.5 Å². The molecule has 0 spiro atoms. The van der Waals surface area contributed by atoms with Gasteiger partial charge in [0.05, 0.1) is 29.5 Å². The maximum absolute atomic E-state index is 13.1. The fourth-order valence-electron chi connectivity index (χ4n) is 13.9. The summed E-state index contributed by atoms with van der Waals surface area (Å²) in [5.74, 6) is 2.48. The van der Waals surface area contributed by atoms with Gasteiger partial charge in [0.25, 0.3) is 0 Å². The predicted octanol–water partition coefficient (Wildman–Crippen LogP) is 10.4. The largest absolute Gasteiger partial charge is 0.481 e. The number of carbonyl (C=O) groups is 1. The average molecular weight is 830 g/mol. The van der Waals surface area contributed by atoms with Crippen LogP contribution >= 0.6 is 0 Å². The third kappa shape index (κ3) is 10.8. The van der Waals surface area contributed by atoms with Gasteiger partial charge in [-0.25, -0.2) is 0 Å². The molecule has 0 saturated heterocycles. The van der Waals surface area contributed by atoms with Crippen molar-refractivity contribution in [3.05, 3.63) is 58.7 Å². The zero-order chi connectivity index (χ0) is 42.4. The van der Waals surface area contributed by atoms with Crippen LogP contribution in [0.3, 0.4) is 0 Å². The van der Waals surface area contributed by atoms with E-state index in [0.717, 1.165) is 82.6 Å². The second-order valence-electron chi connectivity index (χ2n) is 21.2. The summed E-state index contributed by atoms with van der Waals surface area (Å²) in [4.78, 5) is 17.1. The van der Waals surface area contributed by atoms with Crippen LogP contribution in [0.2, 0.25) is 0 Å². The number of hydrogen-bond acceptors (Lipinski definition) is 6. The minimum Gasteiger partial charge on any atom is -0.481 e. The first kappa shape index (κ1) is 45.5. The summed E-state index contributed by atoms with van der Waals surface area (Å²) >= 11 is 0. The number of aromatic nitrogens is 1. The van der Waals surface area contributed by atoms with Gasteiger partial charge >= 0.3 is 5.97 Å². The number of rotatable bonds is 15. The Morgan fingerprint density at radius 2 is 1.73 bits per heavy atom. The van der Waals surface area contributed by atoms with Crippen molar-refractivity contribution >= 4 is 5.97 Å². The Morgan fingerprint density at radius 1 is 0.950 bits per heavy atom. The predicted molar refractivity (Wildman–Crippen MR) is 242 cm³/mol. The number of hydrogen-bond donors (Lipinski definition) is 7. The minimum absolute atomic E-state index is 0.0121. The Morgan fingerprint density at radius 3 is 2.48 bits per heavy atom. The van der Waals surface area contributed by atoms with Crippen LogP contribution in [-0.4, -0.2) is 55.7 Å². The molecule has 8 nitrogen and oxygen atoms in total. The number of nitrogens with two attached hydrogens (primary N) is 1. The molecule has 8 N–H and O–H groups in total. The van der Waals surface area contributed by atoms with Gasteiger partial charge in [0, 0.05) is 29.8 Å². The molecule has 336 valence electrons. The molecular weight excluding hydrogens is 747 g/mol. The second-order valence-corrected chi connectivity index (χ2v) is 21.2. The summed E-state index contributed by atoms with van der Waals surface area (Å²) in [6.45, 7) is 7.94. The third-order valence-corrected chi connectivity index (χ3v) is 17.4. The van der Waals surface area contributed by atoms with E-state index in [2.05, 4.69) is 55.4 Å². The van der Waals surface area contributed by atoms with Crippen molar-refractivity contribution in [2.24, 2.45) is 59.0 Å². The van der Waals surface area contributed by atoms with E-state index in [9.17, 15) is 25.2 Å². The highest BCUT2D eigenvalue weighted by Gasteiger charge is 2.51. The number of unbranched alkanes of at least 4 members (excludes halogenated alkanes) is 3. The van der Waals surface area contributed by atoms with Gasteiger partial charge in [-0.1, -0.05) is 103 Å². The lowest BCUT2D eigenvalue weighted by Gasteiger charge is -2.40. The highest BCUT2D eigenvalue weighted by Crippen LogP contribution is 2.55. The topological polar surface area (TPSA) is 152 Å². The van der Waals surface area contributed by atoms with Gasteiger partial charge in [-0.05, 0) is 154 Å². The van der Waals surface area contributed by atoms with E-state index in [4.69, 9.17) is 5.73 Å². The van der Waals surface area contributed by atoms with Crippen LogP contribution < -0.4 is 11.1 Å². The fraction of sp³-hybridized carbons (Fsp3) is 0.788. The van der Waals surface area contributed by atoms with Gasteiger partial charge in [0.1, 0.15) is 0 Å². The van der Waals surface area contributed by atoms with Crippen molar-refractivity contribution in [3.8, 4) is 0 Å². The molecule has 0 unspecified atom stereocenters. The van der Waals surface area contributed by atoms with Crippen molar-refractivity contribution in [2.75, 3.05) is 6.54 Å². The van der Waals surface area contributed by atoms with Crippen LogP contribution in [0.4, 0.5) is 0 Å². The van der Waals surface area contributed by atoms with Crippen LogP contribution in [0.15, 0.2) is 41.8 Å². The number of aliphatic hydroxyl groups is 3. The van der Waals surface area contributed by atoms with Crippen molar-refractivity contribution in [1.82, 2.24) is 10.3 Å². The molecule has 1 aromatic rings. The monoisotopic (exact) mass is 830 g/mol. The first-order valence-electron chi connectivity index (χ1n) is 25.0. The van der Waals surface area contributed by atoms with E-state index >= 15 is 0 Å². The third-order valence-electron chi connectivity index (χ3n) is 17.4. The van der Waals surface area contributed by atoms with Crippen LogP contribution in [-0.2, 0) is 11.2 Å². The molecule has 2 heterocycles. The van der Waals surface area contributed by atoms with Crippen molar-refractivity contribution in [3.63, 3.8) is 0 Å². The molecule has 60 heavy (non-hydrogen) atoms. The van der Waals surface area contributed by atoms with Crippen molar-refractivity contribution in [2.45, 2.75) is 198 Å². The van der Waals surface area contributed by atoms with Gasteiger partial charge in [-0.15, -0.1) is 0 Å². The molecule has 8 heteroatoms. The van der Waals surface area contributed by atoms with E-state index in [0.29, 0.717) is 42.8 Å². The molecule has 5 aliphatic carbocycles. The highest BCUT2D eigenvalue weighted by atomic mass is 16.4. The van der Waals surface area contributed by atoms with Gasteiger partial charge in [0.2, 0.25) is 0 Å². The molecule has 0 bridgehead atoms. The van der Waals surface area contributed by atoms with Crippen molar-refractivity contribution in [1.29, 1.82) is 0 Å². The number of aliphatic carboxylic acids is 1. The zero-order valence-corrected chi connectivity index (χ0v) is 37.6. The molecule has 0 aromatic carbocycles. The highest BCUT2D eigenvalue weighted by molar-refractivity contribution is 5.71. The standard InChI is InChI=1S/C52H83N3O5/c1-4-5-7-12-35-17-18-39(48(57)29-35)15-10-11-16-40-19-20-42(46-31-43-34(3)41(21-22-45(43)55-46)33(2)38-13-8-6-9-14-38)44-28-37(27-36-24-26-54-49(53)30-36)32-52(44,60)25-23-47(56)50(40)51(58)59/h17-18,24,30-31,33-35,37-42,44,47-48,50,54-57,60H,4-16,19-23,25-29,32,53H2,1-3H3,(H,58,59)/t33-,34+,35+,37+,39+,40+,41+,42-,44+,47+,48+,50+,52+/m1/s1. The van der Waals surface area contributed by atoms with Crippen LogP contribution in [0.1, 0.15) is 191 Å². The molecule has 7 rings (SSSR count). The summed E-state index contributed by atoms with van der Waals surface area (Å²) in [7, 11) is 0. The summed E-state index contributed by atoms with van der Waals surface area (Å²) < 4.78 is 0. The fourth-order valence-corrected chi connectivity index (χ4v) is 13.9. The number of H-pyrrole nitrogens is 1. The summed E-state index contributed by atoms with van der Waals surface area (Å²) in [6, 6.07) is 2.48. The normalized spacial score (nSPS) is 37.0. The zero-order valence-electron chi connectivity index (χ0n) is 37.6. The average Bonchev–Trinajstić information content (AvgIpc) is 3.81. The lowest BCUT2D eigenvalue weighted by molar-refractivity contribution is -0.150. The Bertz CT molecular complexity index is 1640. The number of allylic oxidation sites excluding steroid dienone is 3. The molecule has 13 atom stereocenters. The number of carboxylic acid groups (broad SMARTS) is 1. The number of fused-ring (bicyclic) bond motifs is 2. The second kappa shape index (κ2) is 20.8. The quantitative estimate of drug-likeness (QED) is 0.0687. The molecule has 0 amide bonds. The first-order valence-corrected chi connectivity index (χ1v) is 25.0. The number of aromatic amines is 1. The van der Waals surface area contributed by atoms with Gasteiger partial charge in [-0.2, -0.15) is 0 Å². The van der Waals surface area contributed by atoms with Crippen molar-refractivity contribution < 1.29 is 25.2 Å². The van der Waals surface area contributed by atoms with E-state index < -0.39 is 23.6 Å². The Hall–Kier alpha value is -2.55. The number of nitrogens with one attached hydrogen (secondary N) is 2. The van der Waals surface area contributed by atoms with Gasteiger partial charge in [0.15, 0.2) is 0 Å². The summed E-state index contributed by atoms with van der Waals surface area (Å²) in [5, 5.41) is 49.6. The Labute approximate surface area is 362 Å². The molecule has 3 fully saturated rings. The molecular formula is C52H83N3O5. The van der Waals surface area contributed by atoms with E-state index in [1.807, 2.05) is 6.08 Å². The molecule has 3 saturated carbocycles. The minimum atomic E-state index is -1.00. The van der Waals surface area contributed by atoms with E-state index in [1.165, 1.54) is 80.3 Å². The maximum atomic E-state index is 13.1. The molecule has 0 radical (unpaired) electrons. The van der Waals surface area contributed by atoms with Crippen LogP contribution in [0.25, 0.3) is 0 Å². The number of dihydropyridines is 1. The molecule has 6 aliphatic rings. The number of aliphatic hydroxyl groups excluding tert-OH is 2. The molecule has 1 aliphatic heterocycles. The van der Waals surface area contributed by atoms with Gasteiger partial charge in [-0.3, -0.25) is 4.79 Å². The first-order chi connectivity index (χ1) is 28.9. The number of carboxylic acids is 1. The lowest BCUT2D eigenvalue weighted by atomic mass is 9.66. The summed E-state index contributed by atoms with van der Waals surface area (Å²) in [6.07, 6.45) is 30.5. The lowest BCUT2D eigenvalue weighted by Crippen LogP contribution is -2.42. The molecule has 1 aromatic heterocycles. The van der Waals surface area contributed by atoms with E-state index in [-0.39, 0.29) is 42.1 Å². The number of aryl methyl sites for hydroxylation is 1. The Kier molecular flexibility index (Phi) is 15.7.